The maximum Gasteiger partial charge on any atom is 0.237 e. The van der Waals surface area contributed by atoms with Crippen LogP contribution in [0.15, 0.2) is 24.4 Å². The molecular formula is C17H19ClN4O4. The molecule has 1 unspecified atom stereocenters. The highest BCUT2D eigenvalue weighted by atomic mass is 35.5. The Bertz CT molecular complexity index is 789. The minimum atomic E-state index is -0.191. The molecule has 9 heteroatoms. The van der Waals surface area contributed by atoms with Crippen LogP contribution < -0.4 is 14.8 Å². The number of methoxy groups -OCH3 is 2. The fourth-order valence-electron chi connectivity index (χ4n) is 2.65. The summed E-state index contributed by atoms with van der Waals surface area (Å²) < 4.78 is 16.3. The number of hydrogen-bond acceptors (Lipinski definition) is 7. The lowest BCUT2D eigenvalue weighted by Gasteiger charge is -2.30. The molecule has 1 aliphatic heterocycles. The first kappa shape index (κ1) is 18.2. The van der Waals surface area contributed by atoms with Gasteiger partial charge in [0.05, 0.1) is 39.3 Å². The minimum Gasteiger partial charge on any atom is -0.495 e. The number of anilines is 2. The van der Waals surface area contributed by atoms with E-state index < -0.39 is 0 Å². The first-order valence-corrected chi connectivity index (χ1v) is 8.35. The molecule has 138 valence electrons. The van der Waals surface area contributed by atoms with Crippen LogP contribution in [0.2, 0.25) is 5.02 Å². The molecule has 3 rings (SSSR count). The van der Waals surface area contributed by atoms with Crippen molar-refractivity contribution < 1.29 is 19.0 Å². The Balaban J connectivity index is 1.81. The van der Waals surface area contributed by atoms with E-state index in [0.717, 1.165) is 12.0 Å². The Labute approximate surface area is 156 Å². The number of hydrogen-bond donors (Lipinski definition) is 1. The quantitative estimate of drug-likeness (QED) is 0.772. The Morgan fingerprint density at radius 2 is 2.23 bits per heavy atom. The number of carbonyl (C=O) groups is 1. The summed E-state index contributed by atoms with van der Waals surface area (Å²) in [6.07, 6.45) is 2.11. The number of morpholine rings is 1. The maximum atomic E-state index is 11.0. The van der Waals surface area contributed by atoms with Gasteiger partial charge in [-0.25, -0.2) is 4.98 Å². The zero-order valence-electron chi connectivity index (χ0n) is 14.4. The monoisotopic (exact) mass is 378 g/mol. The van der Waals surface area contributed by atoms with Crippen molar-refractivity contribution >= 4 is 29.6 Å². The van der Waals surface area contributed by atoms with Crippen LogP contribution in [0, 0.1) is 0 Å². The molecule has 0 saturated carbocycles. The second-order valence-electron chi connectivity index (χ2n) is 5.60. The molecular weight excluding hydrogens is 360 g/mol. The highest BCUT2D eigenvalue weighted by molar-refractivity contribution is 6.31. The van der Waals surface area contributed by atoms with Crippen molar-refractivity contribution in [3.8, 4) is 11.6 Å². The Morgan fingerprint density at radius 1 is 1.38 bits per heavy atom. The lowest BCUT2D eigenvalue weighted by molar-refractivity contribution is -0.125. The normalized spacial score (nSPS) is 16.9. The zero-order valence-corrected chi connectivity index (χ0v) is 15.2. The second-order valence-corrected chi connectivity index (χ2v) is 6.00. The maximum absolute atomic E-state index is 11.0. The summed E-state index contributed by atoms with van der Waals surface area (Å²) in [4.78, 5) is 21.0. The summed E-state index contributed by atoms with van der Waals surface area (Å²) in [5.41, 5.74) is 1.61. The SMILES string of the molecule is COc1cc(C2CN(C=O)CCO2)ccc1Nc1ncc(Cl)c(OC)n1. The zero-order chi connectivity index (χ0) is 18.5. The van der Waals surface area contributed by atoms with Gasteiger partial charge in [-0.15, -0.1) is 0 Å². The molecule has 1 atom stereocenters. The van der Waals surface area contributed by atoms with E-state index in [-0.39, 0.29) is 12.0 Å². The van der Waals surface area contributed by atoms with Crippen molar-refractivity contribution in [2.75, 3.05) is 39.2 Å². The second kappa shape index (κ2) is 8.20. The largest absolute Gasteiger partial charge is 0.495 e. The van der Waals surface area contributed by atoms with Crippen LogP contribution in [0.4, 0.5) is 11.6 Å². The Kier molecular flexibility index (Phi) is 5.75. The lowest BCUT2D eigenvalue weighted by Crippen LogP contribution is -2.37. The van der Waals surface area contributed by atoms with Gasteiger partial charge in [-0.1, -0.05) is 17.7 Å². The number of nitrogens with zero attached hydrogens (tertiary/aromatic N) is 3. The molecule has 8 nitrogen and oxygen atoms in total. The first-order valence-electron chi connectivity index (χ1n) is 7.97. The number of rotatable bonds is 6. The number of amides is 1. The van der Waals surface area contributed by atoms with Crippen LogP contribution in [-0.4, -0.2) is 55.2 Å². The molecule has 1 aromatic heterocycles. The van der Waals surface area contributed by atoms with E-state index in [1.165, 1.54) is 13.3 Å². The highest BCUT2D eigenvalue weighted by Crippen LogP contribution is 2.32. The predicted octanol–water partition coefficient (Wildman–Crippen LogP) is 2.42. The van der Waals surface area contributed by atoms with Gasteiger partial charge >= 0.3 is 0 Å². The summed E-state index contributed by atoms with van der Waals surface area (Å²) in [6.45, 7) is 1.62. The van der Waals surface area contributed by atoms with Crippen molar-refractivity contribution in [2.45, 2.75) is 6.10 Å². The lowest BCUT2D eigenvalue weighted by atomic mass is 10.1. The van der Waals surface area contributed by atoms with Crippen LogP contribution in [-0.2, 0) is 9.53 Å². The number of aromatic nitrogens is 2. The summed E-state index contributed by atoms with van der Waals surface area (Å²) >= 11 is 5.94. The first-order chi connectivity index (χ1) is 12.6. The van der Waals surface area contributed by atoms with Crippen molar-refractivity contribution in [3.05, 3.63) is 35.0 Å². The summed E-state index contributed by atoms with van der Waals surface area (Å²) in [6, 6.07) is 5.63. The molecule has 0 radical (unpaired) electrons. The van der Waals surface area contributed by atoms with Gasteiger partial charge in [-0.3, -0.25) is 4.79 Å². The van der Waals surface area contributed by atoms with Crippen LogP contribution >= 0.6 is 11.6 Å². The smallest absolute Gasteiger partial charge is 0.237 e. The van der Waals surface area contributed by atoms with Gasteiger partial charge in [0.1, 0.15) is 16.9 Å². The average Bonchev–Trinajstić information content (AvgIpc) is 2.69. The highest BCUT2D eigenvalue weighted by Gasteiger charge is 2.22. The fraction of sp³-hybridized carbons (Fsp3) is 0.353. The van der Waals surface area contributed by atoms with E-state index in [1.807, 2.05) is 18.2 Å². The van der Waals surface area contributed by atoms with E-state index in [1.54, 1.807) is 12.0 Å². The number of carbonyl (C=O) groups excluding carboxylic acids is 1. The van der Waals surface area contributed by atoms with Gasteiger partial charge in [-0.2, -0.15) is 4.98 Å². The molecule has 1 fully saturated rings. The Morgan fingerprint density at radius 3 is 2.96 bits per heavy atom. The van der Waals surface area contributed by atoms with Crippen LogP contribution in [0.1, 0.15) is 11.7 Å². The summed E-state index contributed by atoms with van der Waals surface area (Å²) in [5.74, 6) is 1.22. The van der Waals surface area contributed by atoms with Crippen LogP contribution in [0.3, 0.4) is 0 Å². The molecule has 1 amide bonds. The topological polar surface area (TPSA) is 85.8 Å². The number of halogens is 1. The van der Waals surface area contributed by atoms with E-state index in [9.17, 15) is 4.79 Å². The van der Waals surface area contributed by atoms with E-state index in [2.05, 4.69) is 15.3 Å². The van der Waals surface area contributed by atoms with Gasteiger partial charge in [0.25, 0.3) is 0 Å². The number of nitrogens with one attached hydrogen (secondary N) is 1. The van der Waals surface area contributed by atoms with Gasteiger partial charge in [0, 0.05) is 6.54 Å². The molecule has 1 aliphatic rings. The number of benzene rings is 1. The third kappa shape index (κ3) is 3.97. The molecule has 1 saturated heterocycles. The summed E-state index contributed by atoms with van der Waals surface area (Å²) in [5, 5.41) is 3.41. The molecule has 0 spiro atoms. The fourth-order valence-corrected chi connectivity index (χ4v) is 2.82. The summed E-state index contributed by atoms with van der Waals surface area (Å²) in [7, 11) is 3.06. The van der Waals surface area contributed by atoms with E-state index in [0.29, 0.717) is 42.1 Å². The molecule has 2 heterocycles. The number of ether oxygens (including phenoxy) is 3. The van der Waals surface area contributed by atoms with E-state index >= 15 is 0 Å². The molecule has 0 bridgehead atoms. The Hall–Kier alpha value is -2.58. The van der Waals surface area contributed by atoms with Crippen LogP contribution in [0.5, 0.6) is 11.6 Å². The average molecular weight is 379 g/mol. The van der Waals surface area contributed by atoms with Gasteiger partial charge < -0.3 is 24.4 Å². The standard InChI is InChI=1S/C17H19ClN4O4/c1-24-14-7-11(15-9-22(10-23)5-6-26-15)3-4-13(14)20-17-19-8-12(18)16(21-17)25-2/h3-4,7-8,10,15H,5-6,9H2,1-2H3,(H,19,20,21). The predicted molar refractivity (Wildman–Crippen MR) is 96.2 cm³/mol. The third-order valence-corrected chi connectivity index (χ3v) is 4.26. The van der Waals surface area contributed by atoms with Crippen molar-refractivity contribution in [1.82, 2.24) is 14.9 Å². The molecule has 26 heavy (non-hydrogen) atoms. The van der Waals surface area contributed by atoms with Gasteiger partial charge in [-0.05, 0) is 17.7 Å². The molecule has 2 aromatic rings. The van der Waals surface area contributed by atoms with Crippen molar-refractivity contribution in [3.63, 3.8) is 0 Å². The molecule has 1 N–H and O–H groups in total. The van der Waals surface area contributed by atoms with Crippen molar-refractivity contribution in [2.24, 2.45) is 0 Å². The third-order valence-electron chi connectivity index (χ3n) is 4.00. The van der Waals surface area contributed by atoms with E-state index in [4.69, 9.17) is 25.8 Å². The van der Waals surface area contributed by atoms with Crippen LogP contribution in [0.25, 0.3) is 0 Å². The van der Waals surface area contributed by atoms with Gasteiger partial charge in [0.15, 0.2) is 0 Å². The van der Waals surface area contributed by atoms with Gasteiger partial charge in [0.2, 0.25) is 18.2 Å². The molecule has 0 aliphatic carbocycles. The van der Waals surface area contributed by atoms with Crippen molar-refractivity contribution in [1.29, 1.82) is 0 Å². The molecule has 1 aromatic carbocycles. The minimum absolute atomic E-state index is 0.191.